The highest BCUT2D eigenvalue weighted by atomic mass is 16.2. The van der Waals surface area contributed by atoms with Crippen molar-refractivity contribution in [2.75, 3.05) is 16.8 Å². The van der Waals surface area contributed by atoms with Crippen LogP contribution in [0.15, 0.2) is 24.3 Å². The molecule has 0 spiro atoms. The molecule has 2 unspecified atom stereocenters. The summed E-state index contributed by atoms with van der Waals surface area (Å²) >= 11 is 0. The minimum Gasteiger partial charge on any atom is -0.315 e. The second kappa shape index (κ2) is 6.73. The first-order valence-corrected chi connectivity index (χ1v) is 7.54. The van der Waals surface area contributed by atoms with Gasteiger partial charge in [0.15, 0.2) is 0 Å². The monoisotopic (exact) mass is 316 g/mol. The number of imide groups is 1. The topological polar surface area (TPSA) is 74.8 Å². The van der Waals surface area contributed by atoms with Crippen LogP contribution in [-0.4, -0.2) is 31.1 Å². The van der Waals surface area contributed by atoms with Crippen molar-refractivity contribution in [3.8, 4) is 0 Å². The first kappa shape index (κ1) is 16.9. The molecule has 0 aromatic heterocycles. The van der Waals surface area contributed by atoms with Gasteiger partial charge in [0.05, 0.1) is 5.69 Å². The summed E-state index contributed by atoms with van der Waals surface area (Å²) in [5.74, 6) is -1.33. The average molecular weight is 316 g/mol. The fourth-order valence-corrected chi connectivity index (χ4v) is 2.50. The molecule has 1 aliphatic rings. The molecule has 6 heteroatoms. The minimum atomic E-state index is -0.351. The van der Waals surface area contributed by atoms with Crippen LogP contribution >= 0.6 is 0 Å². The van der Waals surface area contributed by atoms with Crippen molar-refractivity contribution in [1.29, 1.82) is 0 Å². The van der Waals surface area contributed by atoms with E-state index in [9.17, 15) is 19.2 Å². The summed E-state index contributed by atoms with van der Waals surface area (Å²) in [4.78, 5) is 49.5. The van der Waals surface area contributed by atoms with E-state index in [-0.39, 0.29) is 42.4 Å². The fourth-order valence-electron chi connectivity index (χ4n) is 2.50. The number of amides is 3. The highest BCUT2D eigenvalue weighted by Crippen LogP contribution is 2.29. The third-order valence-corrected chi connectivity index (χ3v) is 3.95. The molecule has 122 valence electrons. The molecule has 0 aliphatic carbocycles. The summed E-state index contributed by atoms with van der Waals surface area (Å²) in [6.45, 7) is 3.40. The molecule has 1 aromatic carbocycles. The van der Waals surface area contributed by atoms with Gasteiger partial charge in [0.25, 0.3) is 0 Å². The van der Waals surface area contributed by atoms with E-state index in [1.807, 2.05) is 0 Å². The molecule has 1 heterocycles. The van der Waals surface area contributed by atoms with Crippen molar-refractivity contribution in [2.45, 2.75) is 26.7 Å². The Kier molecular flexibility index (Phi) is 4.93. The molecule has 23 heavy (non-hydrogen) atoms. The molecular formula is C17H20N2O4. The predicted molar refractivity (Wildman–Crippen MR) is 86.0 cm³/mol. The molecule has 2 atom stereocenters. The van der Waals surface area contributed by atoms with E-state index < -0.39 is 0 Å². The van der Waals surface area contributed by atoms with E-state index in [1.165, 1.54) is 9.80 Å². The number of aldehydes is 1. The second-order valence-electron chi connectivity index (χ2n) is 5.96. The zero-order chi connectivity index (χ0) is 17.1. The molecule has 6 nitrogen and oxygen atoms in total. The lowest BCUT2D eigenvalue weighted by Crippen LogP contribution is -2.31. The van der Waals surface area contributed by atoms with E-state index in [4.69, 9.17) is 0 Å². The number of carbonyl (C=O) groups is 4. The van der Waals surface area contributed by atoms with Crippen molar-refractivity contribution in [3.63, 3.8) is 0 Å². The second-order valence-corrected chi connectivity index (χ2v) is 5.96. The van der Waals surface area contributed by atoms with Gasteiger partial charge in [0, 0.05) is 37.4 Å². The Hall–Kier alpha value is -2.50. The van der Waals surface area contributed by atoms with Crippen LogP contribution in [0.3, 0.4) is 0 Å². The molecule has 1 saturated heterocycles. The Morgan fingerprint density at radius 1 is 1.43 bits per heavy atom. The summed E-state index contributed by atoms with van der Waals surface area (Å²) in [6.07, 6.45) is 1.06. The maximum atomic E-state index is 12.1. The van der Waals surface area contributed by atoms with Gasteiger partial charge in [-0.05, 0) is 18.2 Å². The maximum Gasteiger partial charge on any atom is 0.237 e. The lowest BCUT2D eigenvalue weighted by atomic mass is 10.1. The van der Waals surface area contributed by atoms with Gasteiger partial charge in [0.2, 0.25) is 17.7 Å². The smallest absolute Gasteiger partial charge is 0.237 e. The van der Waals surface area contributed by atoms with E-state index in [1.54, 1.807) is 45.2 Å². The normalized spacial score (nSPS) is 18.9. The zero-order valence-electron chi connectivity index (χ0n) is 13.5. The molecule has 2 rings (SSSR count). The van der Waals surface area contributed by atoms with Gasteiger partial charge >= 0.3 is 0 Å². The molecule has 1 aliphatic heterocycles. The third-order valence-electron chi connectivity index (χ3n) is 3.95. The van der Waals surface area contributed by atoms with Gasteiger partial charge in [-0.1, -0.05) is 19.9 Å². The Morgan fingerprint density at radius 2 is 2.13 bits per heavy atom. The van der Waals surface area contributed by atoms with Gasteiger partial charge in [-0.25, -0.2) is 0 Å². The Bertz CT molecular complexity index is 656. The lowest BCUT2D eigenvalue weighted by Gasteiger charge is -2.21. The van der Waals surface area contributed by atoms with Gasteiger partial charge in [0.1, 0.15) is 6.29 Å². The van der Waals surface area contributed by atoms with E-state index >= 15 is 0 Å². The van der Waals surface area contributed by atoms with E-state index in [2.05, 4.69) is 0 Å². The molecule has 0 N–H and O–H groups in total. The van der Waals surface area contributed by atoms with Crippen LogP contribution < -0.4 is 9.80 Å². The summed E-state index contributed by atoms with van der Waals surface area (Å²) < 4.78 is 0. The number of carbonyl (C=O) groups excluding carboxylic acids is 4. The van der Waals surface area contributed by atoms with Gasteiger partial charge < -0.3 is 9.69 Å². The van der Waals surface area contributed by atoms with Crippen molar-refractivity contribution in [2.24, 2.45) is 11.8 Å². The fraction of sp³-hybridized carbons (Fsp3) is 0.412. The molecular weight excluding hydrogens is 296 g/mol. The van der Waals surface area contributed by atoms with Gasteiger partial charge in [-0.2, -0.15) is 0 Å². The van der Waals surface area contributed by atoms with Crippen molar-refractivity contribution >= 4 is 35.4 Å². The summed E-state index contributed by atoms with van der Waals surface area (Å²) in [7, 11) is 1.61. The van der Waals surface area contributed by atoms with Crippen LogP contribution in [0.2, 0.25) is 0 Å². The van der Waals surface area contributed by atoms with Crippen LogP contribution in [0.5, 0.6) is 0 Å². The maximum absolute atomic E-state index is 12.1. The minimum absolute atomic E-state index is 0.114. The average Bonchev–Trinajstić information content (AvgIpc) is 2.79. The summed E-state index contributed by atoms with van der Waals surface area (Å²) in [5, 5.41) is 0. The first-order chi connectivity index (χ1) is 10.8. The van der Waals surface area contributed by atoms with E-state index in [0.717, 1.165) is 6.29 Å². The van der Waals surface area contributed by atoms with E-state index in [0.29, 0.717) is 11.4 Å². The Balaban J connectivity index is 2.23. The van der Waals surface area contributed by atoms with Crippen LogP contribution in [0.4, 0.5) is 11.4 Å². The first-order valence-electron chi connectivity index (χ1n) is 7.54. The number of anilines is 2. The molecule has 1 aromatic rings. The number of nitrogens with zero attached hydrogens (tertiary/aromatic N) is 2. The Morgan fingerprint density at radius 3 is 2.70 bits per heavy atom. The SMILES string of the molecule is CC(C=O)CC(=O)N(C)c1cccc(N2C(=O)CC(C)C2=O)c1. The number of hydrogen-bond donors (Lipinski definition) is 0. The highest BCUT2D eigenvalue weighted by molar-refractivity contribution is 6.21. The quantitative estimate of drug-likeness (QED) is 0.613. The molecule has 0 saturated carbocycles. The van der Waals surface area contributed by atoms with Crippen LogP contribution in [0.1, 0.15) is 26.7 Å². The Labute approximate surface area is 135 Å². The van der Waals surface area contributed by atoms with Crippen molar-refractivity contribution < 1.29 is 19.2 Å². The largest absolute Gasteiger partial charge is 0.315 e. The van der Waals surface area contributed by atoms with Crippen molar-refractivity contribution in [1.82, 2.24) is 0 Å². The summed E-state index contributed by atoms with van der Waals surface area (Å²) in [6, 6.07) is 6.73. The molecule has 3 amide bonds. The highest BCUT2D eigenvalue weighted by Gasteiger charge is 2.36. The summed E-state index contributed by atoms with van der Waals surface area (Å²) in [5.41, 5.74) is 1.04. The molecule has 0 radical (unpaired) electrons. The number of rotatable bonds is 5. The van der Waals surface area contributed by atoms with Gasteiger partial charge in [-0.15, -0.1) is 0 Å². The standard InChI is InChI=1S/C17H20N2O4/c1-11(10-20)7-15(21)18(3)13-5-4-6-14(9-13)19-16(22)8-12(2)17(19)23/h4-6,9-12H,7-8H2,1-3H3. The number of hydrogen-bond acceptors (Lipinski definition) is 4. The molecule has 0 bridgehead atoms. The predicted octanol–water partition coefficient (Wildman–Crippen LogP) is 1.77. The van der Waals surface area contributed by atoms with Crippen LogP contribution in [0.25, 0.3) is 0 Å². The number of benzene rings is 1. The van der Waals surface area contributed by atoms with Crippen molar-refractivity contribution in [3.05, 3.63) is 24.3 Å². The zero-order valence-corrected chi connectivity index (χ0v) is 13.5. The lowest BCUT2D eigenvalue weighted by molar-refractivity contribution is -0.122. The van der Waals surface area contributed by atoms with Crippen LogP contribution in [-0.2, 0) is 19.2 Å². The molecule has 1 fully saturated rings. The van der Waals surface area contributed by atoms with Gasteiger partial charge in [-0.3, -0.25) is 19.3 Å². The van der Waals surface area contributed by atoms with Crippen LogP contribution in [0, 0.1) is 11.8 Å². The third kappa shape index (κ3) is 3.47.